The molecular weight excluding hydrogens is 238 g/mol. The number of nitrogens with one attached hydrogen (secondary N) is 1. The van der Waals surface area contributed by atoms with Gasteiger partial charge in [0.2, 0.25) is 0 Å². The molecule has 0 aromatic heterocycles. The van der Waals surface area contributed by atoms with Gasteiger partial charge < -0.3 is 14.8 Å². The minimum atomic E-state index is 0.363. The van der Waals surface area contributed by atoms with Gasteiger partial charge in [0.25, 0.3) is 0 Å². The van der Waals surface area contributed by atoms with E-state index in [1.54, 1.807) is 14.2 Å². The Labute approximate surface area is 117 Å². The molecule has 3 heteroatoms. The summed E-state index contributed by atoms with van der Waals surface area (Å²) in [7, 11) is 5.37. The molecule has 0 aliphatic heterocycles. The van der Waals surface area contributed by atoms with Gasteiger partial charge in [-0.25, -0.2) is 0 Å². The van der Waals surface area contributed by atoms with Crippen LogP contribution in [0.25, 0.3) is 0 Å². The third-order valence-corrected chi connectivity index (χ3v) is 3.53. The quantitative estimate of drug-likeness (QED) is 0.815. The van der Waals surface area contributed by atoms with Gasteiger partial charge >= 0.3 is 0 Å². The van der Waals surface area contributed by atoms with E-state index in [0.29, 0.717) is 6.04 Å². The molecule has 1 rings (SSSR count). The Kier molecular flexibility index (Phi) is 6.16. The number of benzene rings is 1. The molecule has 0 amide bonds. The fraction of sp³-hybridized carbons (Fsp3) is 0.625. The molecule has 19 heavy (non-hydrogen) atoms. The summed E-state index contributed by atoms with van der Waals surface area (Å²) in [5.41, 5.74) is 2.53. The summed E-state index contributed by atoms with van der Waals surface area (Å²) in [5, 5.41) is 3.41. The number of hydrogen-bond acceptors (Lipinski definition) is 3. The van der Waals surface area contributed by atoms with E-state index in [9.17, 15) is 0 Å². The van der Waals surface area contributed by atoms with Crippen molar-refractivity contribution in [3.05, 3.63) is 23.3 Å². The highest BCUT2D eigenvalue weighted by atomic mass is 16.5. The summed E-state index contributed by atoms with van der Waals surface area (Å²) in [6.07, 6.45) is 2.34. The summed E-state index contributed by atoms with van der Waals surface area (Å²) in [5.74, 6) is 2.31. The molecule has 0 fully saturated rings. The summed E-state index contributed by atoms with van der Waals surface area (Å²) in [6, 6.07) is 4.51. The third-order valence-electron chi connectivity index (χ3n) is 3.53. The molecule has 0 aliphatic rings. The fourth-order valence-electron chi connectivity index (χ4n) is 2.33. The molecule has 1 unspecified atom stereocenters. The van der Waals surface area contributed by atoms with E-state index in [1.165, 1.54) is 17.5 Å². The Morgan fingerprint density at radius 2 is 1.63 bits per heavy atom. The molecule has 108 valence electrons. The first-order chi connectivity index (χ1) is 9.03. The number of hydrogen-bond donors (Lipinski definition) is 1. The van der Waals surface area contributed by atoms with Crippen molar-refractivity contribution in [2.45, 2.75) is 39.7 Å². The van der Waals surface area contributed by atoms with Gasteiger partial charge in [-0.05, 0) is 56.0 Å². The standard InChI is InChI=1S/C16H27NO2/c1-11(2)7-8-14(17-4)13-10-16(19-6)15(18-5)9-12(13)3/h9-11,14,17H,7-8H2,1-6H3. The molecule has 1 N–H and O–H groups in total. The second kappa shape index (κ2) is 7.39. The zero-order valence-electron chi connectivity index (χ0n) is 13.0. The van der Waals surface area contributed by atoms with E-state index in [2.05, 4.69) is 32.2 Å². The highest BCUT2D eigenvalue weighted by Crippen LogP contribution is 2.34. The van der Waals surface area contributed by atoms with Crippen LogP contribution in [0, 0.1) is 12.8 Å². The normalized spacial score (nSPS) is 12.6. The minimum Gasteiger partial charge on any atom is -0.493 e. The maximum atomic E-state index is 5.40. The number of ether oxygens (including phenoxy) is 2. The first kappa shape index (κ1) is 15.8. The van der Waals surface area contributed by atoms with E-state index in [0.717, 1.165) is 23.8 Å². The van der Waals surface area contributed by atoms with Crippen molar-refractivity contribution < 1.29 is 9.47 Å². The molecule has 0 saturated carbocycles. The Morgan fingerprint density at radius 3 is 2.11 bits per heavy atom. The molecular formula is C16H27NO2. The van der Waals surface area contributed by atoms with Crippen LogP contribution < -0.4 is 14.8 Å². The lowest BCUT2D eigenvalue weighted by Gasteiger charge is -2.21. The van der Waals surface area contributed by atoms with Crippen molar-refractivity contribution in [3.63, 3.8) is 0 Å². The van der Waals surface area contributed by atoms with Gasteiger partial charge in [-0.15, -0.1) is 0 Å². The predicted molar refractivity (Wildman–Crippen MR) is 80.2 cm³/mol. The van der Waals surface area contributed by atoms with E-state index in [1.807, 2.05) is 13.1 Å². The molecule has 0 spiro atoms. The summed E-state index contributed by atoms with van der Waals surface area (Å²) in [6.45, 7) is 6.64. The monoisotopic (exact) mass is 265 g/mol. The molecule has 0 radical (unpaired) electrons. The topological polar surface area (TPSA) is 30.5 Å². The number of rotatable bonds is 7. The SMILES string of the molecule is CNC(CCC(C)C)c1cc(OC)c(OC)cc1C. The van der Waals surface area contributed by atoms with Crippen LogP contribution in [0.1, 0.15) is 43.9 Å². The first-order valence-electron chi connectivity index (χ1n) is 6.93. The lowest BCUT2D eigenvalue weighted by atomic mass is 9.94. The van der Waals surface area contributed by atoms with Crippen LogP contribution in [0.4, 0.5) is 0 Å². The molecule has 0 saturated heterocycles. The van der Waals surface area contributed by atoms with Crippen molar-refractivity contribution in [1.29, 1.82) is 0 Å². The second-order valence-corrected chi connectivity index (χ2v) is 5.38. The Morgan fingerprint density at radius 1 is 1.05 bits per heavy atom. The fourth-order valence-corrected chi connectivity index (χ4v) is 2.33. The van der Waals surface area contributed by atoms with E-state index < -0.39 is 0 Å². The summed E-state index contributed by atoms with van der Waals surface area (Å²) in [4.78, 5) is 0. The van der Waals surface area contributed by atoms with Crippen LogP contribution >= 0.6 is 0 Å². The Hall–Kier alpha value is -1.22. The molecule has 1 aromatic rings. The molecule has 0 bridgehead atoms. The van der Waals surface area contributed by atoms with E-state index in [-0.39, 0.29) is 0 Å². The van der Waals surface area contributed by atoms with Gasteiger partial charge in [0.1, 0.15) is 0 Å². The van der Waals surface area contributed by atoms with Crippen molar-refractivity contribution >= 4 is 0 Å². The largest absolute Gasteiger partial charge is 0.493 e. The third kappa shape index (κ3) is 4.13. The van der Waals surface area contributed by atoms with Crippen molar-refractivity contribution in [2.75, 3.05) is 21.3 Å². The number of aryl methyl sites for hydroxylation is 1. The van der Waals surface area contributed by atoms with Crippen LogP contribution in [0.3, 0.4) is 0 Å². The van der Waals surface area contributed by atoms with E-state index >= 15 is 0 Å². The van der Waals surface area contributed by atoms with Gasteiger partial charge in [-0.2, -0.15) is 0 Å². The molecule has 0 aliphatic carbocycles. The Bertz CT molecular complexity index is 402. The highest BCUT2D eigenvalue weighted by Gasteiger charge is 2.16. The first-order valence-corrected chi connectivity index (χ1v) is 6.93. The van der Waals surface area contributed by atoms with Crippen LogP contribution in [0.5, 0.6) is 11.5 Å². The zero-order valence-corrected chi connectivity index (χ0v) is 13.0. The van der Waals surface area contributed by atoms with Crippen molar-refractivity contribution in [3.8, 4) is 11.5 Å². The average molecular weight is 265 g/mol. The lowest BCUT2D eigenvalue weighted by Crippen LogP contribution is -2.18. The van der Waals surface area contributed by atoms with Crippen LogP contribution in [0.15, 0.2) is 12.1 Å². The molecule has 0 heterocycles. The molecule has 3 nitrogen and oxygen atoms in total. The van der Waals surface area contributed by atoms with Crippen molar-refractivity contribution in [1.82, 2.24) is 5.32 Å². The number of methoxy groups -OCH3 is 2. The minimum absolute atomic E-state index is 0.363. The van der Waals surface area contributed by atoms with Crippen LogP contribution in [-0.4, -0.2) is 21.3 Å². The van der Waals surface area contributed by atoms with Crippen LogP contribution in [0.2, 0.25) is 0 Å². The predicted octanol–water partition coefficient (Wildman–Crippen LogP) is 3.71. The van der Waals surface area contributed by atoms with Gasteiger partial charge in [0, 0.05) is 6.04 Å². The van der Waals surface area contributed by atoms with Crippen LogP contribution in [-0.2, 0) is 0 Å². The highest BCUT2D eigenvalue weighted by molar-refractivity contribution is 5.48. The maximum Gasteiger partial charge on any atom is 0.161 e. The lowest BCUT2D eigenvalue weighted by molar-refractivity contribution is 0.353. The van der Waals surface area contributed by atoms with Gasteiger partial charge in [-0.3, -0.25) is 0 Å². The smallest absolute Gasteiger partial charge is 0.161 e. The van der Waals surface area contributed by atoms with Gasteiger partial charge in [-0.1, -0.05) is 13.8 Å². The van der Waals surface area contributed by atoms with Gasteiger partial charge in [0.15, 0.2) is 11.5 Å². The molecule has 1 aromatic carbocycles. The van der Waals surface area contributed by atoms with E-state index in [4.69, 9.17) is 9.47 Å². The molecule has 1 atom stereocenters. The summed E-state index contributed by atoms with van der Waals surface area (Å²) >= 11 is 0. The Balaban J connectivity index is 3.02. The average Bonchev–Trinajstić information content (AvgIpc) is 2.40. The zero-order chi connectivity index (χ0) is 14.4. The second-order valence-electron chi connectivity index (χ2n) is 5.38. The maximum absolute atomic E-state index is 5.40. The summed E-state index contributed by atoms with van der Waals surface area (Å²) < 4.78 is 10.7. The van der Waals surface area contributed by atoms with Crippen molar-refractivity contribution in [2.24, 2.45) is 5.92 Å². The van der Waals surface area contributed by atoms with Gasteiger partial charge in [0.05, 0.1) is 14.2 Å².